The summed E-state index contributed by atoms with van der Waals surface area (Å²) in [4.78, 5) is 42.6. The summed E-state index contributed by atoms with van der Waals surface area (Å²) in [5, 5.41) is 2.09. The van der Waals surface area contributed by atoms with E-state index in [0.717, 1.165) is 4.31 Å². The van der Waals surface area contributed by atoms with Gasteiger partial charge in [0.05, 0.1) is 10.5 Å². The SMILES string of the molecule is CN(C)S(=O)(=O)c1ccc(C(=O)N2CCC(c3ccc(C(=O)N/C(N)=N\C(=O)OCc4ccccc4)cc3C(F)(F)F)CC2)cc1. The zero-order valence-corrected chi connectivity index (χ0v) is 25.8. The number of rotatable bonds is 7. The number of halogens is 3. The molecule has 0 aromatic heterocycles. The average molecular weight is 660 g/mol. The monoisotopic (exact) mass is 659 g/mol. The number of benzene rings is 3. The summed E-state index contributed by atoms with van der Waals surface area (Å²) in [5.74, 6) is -2.55. The molecule has 0 spiro atoms. The number of nitrogens with one attached hydrogen (secondary N) is 1. The molecule has 15 heteroatoms. The lowest BCUT2D eigenvalue weighted by atomic mass is 9.85. The number of alkyl halides is 3. The Morgan fingerprint density at radius 3 is 2.17 bits per heavy atom. The van der Waals surface area contributed by atoms with Crippen molar-refractivity contribution in [3.05, 3.63) is 101 Å². The van der Waals surface area contributed by atoms with Crippen molar-refractivity contribution < 1.29 is 40.7 Å². The molecule has 1 heterocycles. The molecule has 1 aliphatic rings. The van der Waals surface area contributed by atoms with Gasteiger partial charge in [-0.15, -0.1) is 4.99 Å². The van der Waals surface area contributed by atoms with Crippen LogP contribution in [0.15, 0.2) is 82.7 Å². The summed E-state index contributed by atoms with van der Waals surface area (Å²) >= 11 is 0. The summed E-state index contributed by atoms with van der Waals surface area (Å²) in [6, 6.07) is 17.4. The van der Waals surface area contributed by atoms with Crippen LogP contribution in [0.25, 0.3) is 0 Å². The summed E-state index contributed by atoms with van der Waals surface area (Å²) in [6.07, 6.45) is -5.41. The first-order valence-corrected chi connectivity index (χ1v) is 15.5. The Bertz CT molecular complexity index is 1720. The van der Waals surface area contributed by atoms with Crippen molar-refractivity contribution in [2.75, 3.05) is 27.2 Å². The van der Waals surface area contributed by atoms with Gasteiger partial charge < -0.3 is 15.4 Å². The van der Waals surface area contributed by atoms with Crippen molar-refractivity contribution in [2.24, 2.45) is 10.7 Å². The van der Waals surface area contributed by atoms with Crippen LogP contribution < -0.4 is 11.1 Å². The zero-order valence-electron chi connectivity index (χ0n) is 25.0. The molecule has 0 bridgehead atoms. The number of carbonyl (C=O) groups is 3. The van der Waals surface area contributed by atoms with Crippen LogP contribution in [0.3, 0.4) is 0 Å². The predicted octanol–water partition coefficient (Wildman–Crippen LogP) is 4.36. The Kier molecular flexibility index (Phi) is 10.5. The highest BCUT2D eigenvalue weighted by Gasteiger charge is 2.37. The molecule has 46 heavy (non-hydrogen) atoms. The van der Waals surface area contributed by atoms with Gasteiger partial charge in [0.1, 0.15) is 6.61 Å². The van der Waals surface area contributed by atoms with E-state index in [1.165, 1.54) is 55.4 Å². The van der Waals surface area contributed by atoms with E-state index < -0.39 is 45.6 Å². The molecule has 0 atom stereocenters. The molecule has 1 fully saturated rings. The van der Waals surface area contributed by atoms with E-state index in [-0.39, 0.29) is 60.0 Å². The molecule has 0 radical (unpaired) electrons. The fourth-order valence-electron chi connectivity index (χ4n) is 4.92. The molecule has 1 aliphatic heterocycles. The second kappa shape index (κ2) is 14.1. The molecule has 0 saturated carbocycles. The third kappa shape index (κ3) is 8.28. The van der Waals surface area contributed by atoms with Gasteiger partial charge in [0, 0.05) is 38.3 Å². The van der Waals surface area contributed by atoms with Crippen LogP contribution in [0.2, 0.25) is 0 Å². The predicted molar refractivity (Wildman–Crippen MR) is 162 cm³/mol. The Balaban J connectivity index is 1.40. The smallest absolute Gasteiger partial charge is 0.437 e. The van der Waals surface area contributed by atoms with Gasteiger partial charge in [0.15, 0.2) is 0 Å². The highest BCUT2D eigenvalue weighted by atomic mass is 32.2. The van der Waals surface area contributed by atoms with Crippen molar-refractivity contribution in [1.82, 2.24) is 14.5 Å². The topological polar surface area (TPSA) is 151 Å². The first-order valence-electron chi connectivity index (χ1n) is 14.1. The van der Waals surface area contributed by atoms with E-state index in [1.54, 1.807) is 30.3 Å². The highest BCUT2D eigenvalue weighted by molar-refractivity contribution is 7.89. The number of piperidine rings is 1. The number of guanidine groups is 1. The van der Waals surface area contributed by atoms with Crippen LogP contribution in [0.4, 0.5) is 18.0 Å². The number of nitrogens with two attached hydrogens (primary N) is 1. The van der Waals surface area contributed by atoms with Gasteiger partial charge in [-0.05, 0) is 66.3 Å². The molecule has 11 nitrogen and oxygen atoms in total. The highest BCUT2D eigenvalue weighted by Crippen LogP contribution is 2.39. The number of likely N-dealkylation sites (tertiary alicyclic amines) is 1. The van der Waals surface area contributed by atoms with Crippen molar-refractivity contribution >= 4 is 33.9 Å². The van der Waals surface area contributed by atoms with Crippen LogP contribution in [-0.4, -0.2) is 68.7 Å². The number of sulfonamides is 1. The van der Waals surface area contributed by atoms with Gasteiger partial charge in [0.2, 0.25) is 16.0 Å². The minimum atomic E-state index is -4.78. The number of nitrogens with zero attached hydrogens (tertiary/aromatic N) is 3. The Hall–Kier alpha value is -4.76. The van der Waals surface area contributed by atoms with E-state index in [1.807, 2.05) is 0 Å². The maximum Gasteiger partial charge on any atom is 0.437 e. The number of ether oxygens (including phenoxy) is 1. The molecule has 244 valence electrons. The van der Waals surface area contributed by atoms with Gasteiger partial charge in [0.25, 0.3) is 11.8 Å². The van der Waals surface area contributed by atoms with Crippen molar-refractivity contribution in [2.45, 2.75) is 36.4 Å². The van der Waals surface area contributed by atoms with Crippen LogP contribution in [-0.2, 0) is 27.5 Å². The quantitative estimate of drug-likeness (QED) is 0.283. The third-order valence-corrected chi connectivity index (χ3v) is 9.21. The molecule has 0 unspecified atom stereocenters. The first-order chi connectivity index (χ1) is 21.7. The fraction of sp³-hybridized carbons (Fsp3) is 0.290. The Morgan fingerprint density at radius 1 is 0.978 bits per heavy atom. The minimum Gasteiger partial charge on any atom is -0.443 e. The molecule has 3 aromatic carbocycles. The van der Waals surface area contributed by atoms with Crippen molar-refractivity contribution in [3.63, 3.8) is 0 Å². The minimum absolute atomic E-state index is 0.0134. The van der Waals surface area contributed by atoms with E-state index >= 15 is 0 Å². The molecular weight excluding hydrogens is 627 g/mol. The van der Waals surface area contributed by atoms with E-state index in [0.29, 0.717) is 11.6 Å². The summed E-state index contributed by atoms with van der Waals surface area (Å²) in [7, 11) is -0.880. The molecule has 1 saturated heterocycles. The van der Waals surface area contributed by atoms with E-state index in [2.05, 4.69) is 10.3 Å². The number of hydrogen-bond acceptors (Lipinski definition) is 6. The summed E-state index contributed by atoms with van der Waals surface area (Å²) in [6.45, 7) is 0.257. The lowest BCUT2D eigenvalue weighted by molar-refractivity contribution is -0.138. The summed E-state index contributed by atoms with van der Waals surface area (Å²) in [5.41, 5.74) is 5.19. The van der Waals surface area contributed by atoms with Gasteiger partial charge in [-0.25, -0.2) is 17.5 Å². The van der Waals surface area contributed by atoms with Crippen LogP contribution in [0.1, 0.15) is 56.2 Å². The second-order valence-electron chi connectivity index (χ2n) is 10.7. The molecule has 3 amide bonds. The number of carbonyl (C=O) groups excluding carboxylic acids is 3. The molecule has 3 aromatic rings. The lowest BCUT2D eigenvalue weighted by Crippen LogP contribution is -2.38. The lowest BCUT2D eigenvalue weighted by Gasteiger charge is -2.33. The zero-order chi connectivity index (χ0) is 33.6. The number of aliphatic imine (C=N–C) groups is 1. The van der Waals surface area contributed by atoms with Crippen LogP contribution >= 0.6 is 0 Å². The molecule has 4 rings (SSSR count). The molecule has 0 aliphatic carbocycles. The van der Waals surface area contributed by atoms with Crippen molar-refractivity contribution in [1.29, 1.82) is 0 Å². The van der Waals surface area contributed by atoms with Gasteiger partial charge in [-0.2, -0.15) is 13.2 Å². The van der Waals surface area contributed by atoms with Gasteiger partial charge >= 0.3 is 12.3 Å². The third-order valence-electron chi connectivity index (χ3n) is 7.38. The van der Waals surface area contributed by atoms with E-state index in [4.69, 9.17) is 10.5 Å². The molecule has 3 N–H and O–H groups in total. The van der Waals surface area contributed by atoms with Gasteiger partial charge in [-0.3, -0.25) is 14.9 Å². The number of amides is 3. The van der Waals surface area contributed by atoms with Crippen molar-refractivity contribution in [3.8, 4) is 0 Å². The Morgan fingerprint density at radius 2 is 1.59 bits per heavy atom. The fourth-order valence-corrected chi connectivity index (χ4v) is 5.82. The summed E-state index contributed by atoms with van der Waals surface area (Å²) < 4.78 is 73.0. The maximum absolute atomic E-state index is 14.1. The van der Waals surface area contributed by atoms with Gasteiger partial charge in [-0.1, -0.05) is 36.4 Å². The first kappa shape index (κ1) is 34.1. The molecular formula is C31H32F3N5O6S. The largest absolute Gasteiger partial charge is 0.443 e. The Labute approximate surface area is 263 Å². The van der Waals surface area contributed by atoms with Crippen LogP contribution in [0.5, 0.6) is 0 Å². The maximum atomic E-state index is 14.1. The number of hydrogen-bond donors (Lipinski definition) is 2. The second-order valence-corrected chi connectivity index (χ2v) is 12.8. The standard InChI is InChI=1S/C31H32F3N5O6S/c1-38(2)46(43,44)24-11-8-22(9-12-24)28(41)39-16-14-21(15-17-39)25-13-10-23(18-26(25)31(32,33)34)27(40)36-29(35)37-30(42)45-19-20-6-4-3-5-7-20/h3-13,18,21H,14-17,19H2,1-2H3,(H3,35,36,37,40,42). The normalized spacial score (nSPS) is 14.7. The van der Waals surface area contributed by atoms with E-state index in [9.17, 15) is 36.0 Å². The average Bonchev–Trinajstić information content (AvgIpc) is 3.03. The van der Waals surface area contributed by atoms with Crippen LogP contribution in [0, 0.1) is 0 Å².